The number of hydrogen-bond donors (Lipinski definition) is 2. The van der Waals surface area contributed by atoms with E-state index >= 15 is 0 Å². The number of ether oxygens (including phenoxy) is 1. The van der Waals surface area contributed by atoms with Crippen LogP contribution in [0.3, 0.4) is 0 Å². The fraction of sp³-hybridized carbons (Fsp3) is 0.211. The van der Waals surface area contributed by atoms with Crippen molar-refractivity contribution in [1.82, 2.24) is 15.0 Å². The zero-order valence-electron chi connectivity index (χ0n) is 15.5. The Hall–Kier alpha value is -3.05. The summed E-state index contributed by atoms with van der Waals surface area (Å²) in [5, 5.41) is 2.99. The van der Waals surface area contributed by atoms with E-state index in [0.717, 1.165) is 17.7 Å². The van der Waals surface area contributed by atoms with Crippen LogP contribution in [0.2, 0.25) is 0 Å². The highest BCUT2D eigenvalue weighted by atomic mass is 32.2. The van der Waals surface area contributed by atoms with Crippen molar-refractivity contribution in [2.24, 2.45) is 0 Å². The molecular weight excluding hydrogens is 421 g/mol. The van der Waals surface area contributed by atoms with E-state index in [-0.39, 0.29) is 28.8 Å². The molecule has 1 atom stereocenters. The quantitative estimate of drug-likeness (QED) is 0.490. The van der Waals surface area contributed by atoms with E-state index in [1.807, 2.05) is 6.07 Å². The topological polar surface area (TPSA) is 97.2 Å². The van der Waals surface area contributed by atoms with Gasteiger partial charge in [-0.2, -0.15) is 4.98 Å². The Labute approximate surface area is 172 Å². The number of nitrogens with zero attached hydrogens (tertiary/aromatic N) is 3. The van der Waals surface area contributed by atoms with Gasteiger partial charge in [-0.1, -0.05) is 12.1 Å². The summed E-state index contributed by atoms with van der Waals surface area (Å²) in [6.45, 7) is -0.891. The van der Waals surface area contributed by atoms with Crippen molar-refractivity contribution in [2.75, 3.05) is 17.7 Å². The summed E-state index contributed by atoms with van der Waals surface area (Å²) in [5.41, 5.74) is 1.72. The summed E-state index contributed by atoms with van der Waals surface area (Å²) < 4.78 is 63.3. The third-order valence-corrected chi connectivity index (χ3v) is 4.42. The maximum atomic E-state index is 13.5. The van der Waals surface area contributed by atoms with Gasteiger partial charge in [-0.3, -0.25) is 0 Å². The number of alkyl halides is 2. The molecule has 11 heteroatoms. The maximum absolute atomic E-state index is 13.5. The number of nitrogens with one attached hydrogen (secondary N) is 1. The summed E-state index contributed by atoms with van der Waals surface area (Å²) >= 11 is -1.88. The zero-order valence-corrected chi connectivity index (χ0v) is 16.3. The van der Waals surface area contributed by atoms with Crippen LogP contribution >= 0.6 is 0 Å². The second-order valence-corrected chi connectivity index (χ2v) is 7.13. The largest absolute Gasteiger partial charge is 0.487 e. The van der Waals surface area contributed by atoms with E-state index in [2.05, 4.69) is 20.3 Å². The molecule has 0 saturated heterocycles. The van der Waals surface area contributed by atoms with Crippen LogP contribution in [0.1, 0.15) is 5.56 Å². The molecule has 0 saturated carbocycles. The Kier molecular flexibility index (Phi) is 7.31. The number of anilines is 2. The number of rotatable bonds is 9. The first-order chi connectivity index (χ1) is 14.4. The van der Waals surface area contributed by atoms with Gasteiger partial charge in [-0.05, 0) is 36.2 Å². The lowest BCUT2D eigenvalue weighted by atomic mass is 10.1. The molecule has 0 bridgehead atoms. The monoisotopic (exact) mass is 438 g/mol. The van der Waals surface area contributed by atoms with Crippen molar-refractivity contribution < 1.29 is 26.7 Å². The summed E-state index contributed by atoms with van der Waals surface area (Å²) in [5.74, 6) is -0.344. The highest BCUT2D eigenvalue weighted by Gasteiger charge is 2.14. The molecule has 1 heterocycles. The number of benzene rings is 2. The van der Waals surface area contributed by atoms with Crippen LogP contribution in [-0.2, 0) is 17.5 Å². The molecule has 1 unspecified atom stereocenters. The van der Waals surface area contributed by atoms with E-state index in [0.29, 0.717) is 12.1 Å². The highest BCUT2D eigenvalue weighted by molar-refractivity contribution is 7.79. The van der Waals surface area contributed by atoms with E-state index in [1.165, 1.54) is 12.4 Å². The lowest BCUT2D eigenvalue weighted by Crippen LogP contribution is -2.08. The van der Waals surface area contributed by atoms with Crippen molar-refractivity contribution in [1.29, 1.82) is 0 Å². The Morgan fingerprint density at radius 3 is 2.77 bits per heavy atom. The smallest absolute Gasteiger partial charge is 0.272 e. The minimum Gasteiger partial charge on any atom is -0.487 e. The van der Waals surface area contributed by atoms with Crippen LogP contribution in [0.15, 0.2) is 48.8 Å². The molecule has 0 aliphatic rings. The zero-order chi connectivity index (χ0) is 21.5. The molecule has 30 heavy (non-hydrogen) atoms. The standard InChI is InChI=1S/C19H17F3N4O3S/c20-13-4-5-15(16(9-13)29-10-17(21)22)18-23-11-24-19(26-18)25-14-3-1-2-12(8-14)6-7-30(27)28/h1-5,8-9,11,17H,6-7,10H2,(H,27,28)(H,23,24,25,26). The van der Waals surface area contributed by atoms with Crippen LogP contribution in [-0.4, -0.2) is 42.5 Å². The minimum absolute atomic E-state index is 0.105. The number of hydrogen-bond acceptors (Lipinski definition) is 6. The molecule has 1 aromatic heterocycles. The van der Waals surface area contributed by atoms with Crippen molar-refractivity contribution in [3.05, 3.63) is 60.2 Å². The third-order valence-electron chi connectivity index (χ3n) is 3.87. The number of halogens is 3. The van der Waals surface area contributed by atoms with Crippen molar-refractivity contribution in [3.8, 4) is 17.1 Å². The first-order valence-corrected chi connectivity index (χ1v) is 10.0. The number of aryl methyl sites for hydroxylation is 1. The maximum Gasteiger partial charge on any atom is 0.272 e. The fourth-order valence-corrected chi connectivity index (χ4v) is 2.99. The van der Waals surface area contributed by atoms with Crippen LogP contribution in [0.4, 0.5) is 24.8 Å². The molecule has 0 radical (unpaired) electrons. The average molecular weight is 438 g/mol. The van der Waals surface area contributed by atoms with Gasteiger partial charge in [-0.15, -0.1) is 0 Å². The molecular formula is C19H17F3N4O3S. The molecule has 2 N–H and O–H groups in total. The molecule has 0 fully saturated rings. The summed E-state index contributed by atoms with van der Waals surface area (Å²) in [4.78, 5) is 12.3. The second kappa shape index (κ2) is 10.1. The van der Waals surface area contributed by atoms with Gasteiger partial charge < -0.3 is 14.6 Å². The third kappa shape index (κ3) is 6.22. The Morgan fingerprint density at radius 1 is 1.17 bits per heavy atom. The SMILES string of the molecule is O=S(O)CCc1cccc(Nc2ncnc(-c3ccc(F)cc3OCC(F)F)n2)c1. The molecule has 7 nitrogen and oxygen atoms in total. The number of aromatic nitrogens is 3. The first kappa shape index (κ1) is 21.7. The van der Waals surface area contributed by atoms with Gasteiger partial charge in [0.15, 0.2) is 16.9 Å². The molecule has 0 spiro atoms. The van der Waals surface area contributed by atoms with Gasteiger partial charge in [0.1, 0.15) is 24.5 Å². The summed E-state index contributed by atoms with van der Waals surface area (Å²) in [7, 11) is 0. The Morgan fingerprint density at radius 2 is 2.00 bits per heavy atom. The Balaban J connectivity index is 1.82. The van der Waals surface area contributed by atoms with Gasteiger partial charge in [0.25, 0.3) is 6.43 Å². The molecule has 3 aromatic rings. The van der Waals surface area contributed by atoms with Gasteiger partial charge in [0, 0.05) is 11.8 Å². The fourth-order valence-electron chi connectivity index (χ4n) is 2.58. The van der Waals surface area contributed by atoms with E-state index in [4.69, 9.17) is 9.29 Å². The first-order valence-electron chi connectivity index (χ1n) is 8.74. The van der Waals surface area contributed by atoms with Gasteiger partial charge in [-0.25, -0.2) is 27.3 Å². The van der Waals surface area contributed by atoms with Crippen LogP contribution < -0.4 is 10.1 Å². The normalized spacial score (nSPS) is 12.0. The summed E-state index contributed by atoms with van der Waals surface area (Å²) in [6, 6.07) is 10.6. The molecule has 0 amide bonds. The van der Waals surface area contributed by atoms with E-state index < -0.39 is 29.9 Å². The molecule has 0 aliphatic carbocycles. The predicted molar refractivity (Wildman–Crippen MR) is 106 cm³/mol. The van der Waals surface area contributed by atoms with Crippen molar-refractivity contribution in [3.63, 3.8) is 0 Å². The van der Waals surface area contributed by atoms with Crippen LogP contribution in [0, 0.1) is 5.82 Å². The Bertz CT molecular complexity index is 1040. The van der Waals surface area contributed by atoms with Crippen LogP contribution in [0.5, 0.6) is 5.75 Å². The van der Waals surface area contributed by atoms with E-state index in [9.17, 15) is 17.4 Å². The summed E-state index contributed by atoms with van der Waals surface area (Å²) in [6.07, 6.45) is -1.07. The molecule has 158 valence electrons. The van der Waals surface area contributed by atoms with Gasteiger partial charge >= 0.3 is 0 Å². The van der Waals surface area contributed by atoms with Crippen molar-refractivity contribution >= 4 is 22.7 Å². The van der Waals surface area contributed by atoms with Gasteiger partial charge in [0.2, 0.25) is 5.95 Å². The predicted octanol–water partition coefficient (Wildman–Crippen LogP) is 3.83. The second-order valence-electron chi connectivity index (χ2n) is 6.08. The lowest BCUT2D eigenvalue weighted by Gasteiger charge is -2.11. The molecule has 2 aromatic carbocycles. The van der Waals surface area contributed by atoms with E-state index in [1.54, 1.807) is 18.2 Å². The van der Waals surface area contributed by atoms with Crippen LogP contribution in [0.25, 0.3) is 11.4 Å². The lowest BCUT2D eigenvalue weighted by molar-refractivity contribution is 0.0820. The minimum atomic E-state index is -2.72. The van der Waals surface area contributed by atoms with Crippen molar-refractivity contribution in [2.45, 2.75) is 12.8 Å². The van der Waals surface area contributed by atoms with Gasteiger partial charge in [0.05, 0.1) is 11.3 Å². The average Bonchev–Trinajstić information content (AvgIpc) is 2.71. The highest BCUT2D eigenvalue weighted by Crippen LogP contribution is 2.29. The molecule has 0 aliphatic heterocycles. The molecule has 3 rings (SSSR count).